The zero-order chi connectivity index (χ0) is 46.4. The van der Waals surface area contributed by atoms with Crippen LogP contribution in [0.5, 0.6) is 5.75 Å². The number of carboxylic acids is 2. The van der Waals surface area contributed by atoms with Crippen molar-refractivity contribution in [2.75, 3.05) is 38.2 Å². The van der Waals surface area contributed by atoms with Crippen LogP contribution in [0.15, 0.2) is 38.3 Å². The minimum absolute atomic E-state index is 0.0434. The standard InChI is InChI=1S/C15H14Cl2N2O3.C13H10Cl2F3N3O3.C3H8NO5P.C3H9S/c1-5-6-21-12-8-11(9(16)7-10(12)17)19-14(20)22-13(18-19)15(2,3)4;1-5-19-21(13(24)20(5)12(17)18)10-3-6(2-8(15)11(22)23)7(14)4-9(10)16;5-3(6)1-4-2-10(7,8)9;1-4(2)3/h1,7-8H,6H2,2-4H3;3-4,8,12H,2H2,1H3,(H,22,23);4H,1-2H2,(H,5,6)(H2,7,8,9);1-3H3/q;;;+1/p-1. The first-order valence-electron chi connectivity index (χ1n) is 16.4. The number of alkyl halides is 3. The Bertz CT molecular complexity index is 2320. The van der Waals surface area contributed by atoms with E-state index < -0.39 is 72.7 Å². The van der Waals surface area contributed by atoms with Gasteiger partial charge in [0.15, 0.2) is 5.82 Å². The van der Waals surface area contributed by atoms with Gasteiger partial charge in [-0.2, -0.15) is 18.1 Å². The molecule has 2 atom stereocenters. The second kappa shape index (κ2) is 23.9. The summed E-state index contributed by atoms with van der Waals surface area (Å²) in [5, 5.41) is 25.7. The fourth-order valence-corrected chi connectivity index (χ4v) is 5.29. The highest BCUT2D eigenvalue weighted by molar-refractivity contribution is 7.94. The van der Waals surface area contributed by atoms with Crippen LogP contribution < -0.4 is 26.4 Å². The third-order valence-electron chi connectivity index (χ3n) is 6.50. The summed E-state index contributed by atoms with van der Waals surface area (Å²) in [6.07, 6.45) is 10.8. The lowest BCUT2D eigenvalue weighted by atomic mass is 9.97. The third kappa shape index (κ3) is 17.6. The van der Waals surface area contributed by atoms with Gasteiger partial charge in [0.05, 0.1) is 47.3 Å². The van der Waals surface area contributed by atoms with Crippen LogP contribution in [0.2, 0.25) is 15.1 Å². The largest absolute Gasteiger partial charge is 0.778 e. The topological polar surface area (TPSA) is 244 Å². The molecule has 60 heavy (non-hydrogen) atoms. The molecule has 0 amide bonds. The van der Waals surface area contributed by atoms with E-state index in [1.807, 2.05) is 26.1 Å². The van der Waals surface area contributed by atoms with Gasteiger partial charge in [-0.05, 0) is 41.6 Å². The van der Waals surface area contributed by atoms with Crippen molar-refractivity contribution in [3.63, 3.8) is 0 Å². The summed E-state index contributed by atoms with van der Waals surface area (Å²) in [6.45, 7) is 3.24. The van der Waals surface area contributed by atoms with E-state index >= 15 is 0 Å². The first-order valence-corrected chi connectivity index (χ1v) is 22.2. The second-order valence-corrected chi connectivity index (χ2v) is 19.0. The molecule has 0 bridgehead atoms. The summed E-state index contributed by atoms with van der Waals surface area (Å²) in [5.41, 5.74) is -1.65. The quantitative estimate of drug-likeness (QED) is 0.0642. The van der Waals surface area contributed by atoms with Crippen LogP contribution in [0.25, 0.3) is 11.4 Å². The molecular weight excluding hydrogens is 930 g/mol. The molecule has 332 valence electrons. The number of aromatic nitrogens is 5. The molecule has 0 fully saturated rings. The Morgan fingerprint density at radius 2 is 1.63 bits per heavy atom. The molecule has 2 heterocycles. The molecule has 4 N–H and O–H groups in total. The number of carbonyl (C=O) groups is 2. The molecule has 0 aliphatic carbocycles. The fourth-order valence-electron chi connectivity index (χ4n) is 3.99. The number of hydrogen-bond donors (Lipinski definition) is 4. The first kappa shape index (κ1) is 54.0. The molecular formula is C34H40Cl4F3N6O11PS. The van der Waals surface area contributed by atoms with Crippen LogP contribution in [0.3, 0.4) is 0 Å². The maximum Gasteiger partial charge on any atom is 0.442 e. The SMILES string of the molecule is C#CCOc1cc(-n2nc(C(C)(C)C)oc2=O)c(Cl)cc1Cl.C[S+](C)C.Cc1nn(-c2cc(CC(Cl)C(=O)O)c(Cl)cc2F)c(=O)n1C(F)F.O=C(O)CNCP(=O)([O-])O. The number of ether oxygens (including phenoxy) is 1. The highest BCUT2D eigenvalue weighted by Gasteiger charge is 2.25. The van der Waals surface area contributed by atoms with Crippen molar-refractivity contribution in [2.24, 2.45) is 0 Å². The number of nitrogens with zero attached hydrogens (tertiary/aromatic N) is 5. The Morgan fingerprint density at radius 1 is 1.05 bits per heavy atom. The van der Waals surface area contributed by atoms with Crippen LogP contribution in [0.4, 0.5) is 13.2 Å². The lowest BCUT2D eigenvalue weighted by Crippen LogP contribution is -2.25. The van der Waals surface area contributed by atoms with E-state index in [1.54, 1.807) is 0 Å². The predicted molar refractivity (Wildman–Crippen MR) is 220 cm³/mol. The molecule has 0 saturated heterocycles. The summed E-state index contributed by atoms with van der Waals surface area (Å²) >= 11 is 23.6. The smallest absolute Gasteiger partial charge is 0.442 e. The Morgan fingerprint density at radius 3 is 2.08 bits per heavy atom. The van der Waals surface area contributed by atoms with Gasteiger partial charge in [0.2, 0.25) is 5.89 Å². The van der Waals surface area contributed by atoms with Crippen molar-refractivity contribution >= 4 is 76.8 Å². The normalized spacial score (nSPS) is 12.5. The van der Waals surface area contributed by atoms with E-state index in [1.165, 1.54) is 12.1 Å². The Labute approximate surface area is 363 Å². The second-order valence-electron chi connectivity index (χ2n) is 13.2. The van der Waals surface area contributed by atoms with Gasteiger partial charge in [0, 0.05) is 22.9 Å². The maximum absolute atomic E-state index is 14.1. The predicted octanol–water partition coefficient (Wildman–Crippen LogP) is 4.86. The van der Waals surface area contributed by atoms with Crippen molar-refractivity contribution in [3.8, 4) is 29.5 Å². The summed E-state index contributed by atoms with van der Waals surface area (Å²) < 4.78 is 61.8. The molecule has 0 saturated carbocycles. The Hall–Kier alpha value is -3.97. The molecule has 2 aromatic carbocycles. The van der Waals surface area contributed by atoms with Crippen LogP contribution in [-0.2, 0) is 36.9 Å². The monoisotopic (exact) mass is 968 g/mol. The average Bonchev–Trinajstić information content (AvgIpc) is 3.63. The Kier molecular flexibility index (Phi) is 21.5. The van der Waals surface area contributed by atoms with E-state index in [0.717, 1.165) is 23.7 Å². The van der Waals surface area contributed by atoms with Crippen LogP contribution in [0.1, 0.15) is 44.6 Å². The van der Waals surface area contributed by atoms with Gasteiger partial charge in [0.25, 0.3) is 0 Å². The molecule has 26 heteroatoms. The highest BCUT2D eigenvalue weighted by atomic mass is 35.5. The third-order valence-corrected chi connectivity index (χ3v) is 8.42. The number of hydrogen-bond acceptors (Lipinski definition) is 11. The van der Waals surface area contributed by atoms with Crippen molar-refractivity contribution in [1.82, 2.24) is 29.4 Å². The molecule has 4 rings (SSSR count). The summed E-state index contributed by atoms with van der Waals surface area (Å²) in [4.78, 5) is 62.6. The molecule has 2 aromatic heterocycles. The van der Waals surface area contributed by atoms with Gasteiger partial charge in [-0.1, -0.05) is 61.5 Å². The average molecular weight is 971 g/mol. The van der Waals surface area contributed by atoms with Crippen LogP contribution in [0, 0.1) is 25.1 Å². The number of aryl methyl sites for hydroxylation is 1. The lowest BCUT2D eigenvalue weighted by molar-refractivity contribution is -0.193. The van der Waals surface area contributed by atoms with Crippen molar-refractivity contribution in [2.45, 2.75) is 51.5 Å². The number of terminal acetylenes is 1. The van der Waals surface area contributed by atoms with Gasteiger partial charge in [-0.15, -0.1) is 28.2 Å². The van der Waals surface area contributed by atoms with Gasteiger partial charge in [-0.3, -0.25) is 14.9 Å². The molecule has 0 radical (unpaired) electrons. The van der Waals surface area contributed by atoms with Crippen LogP contribution >= 0.6 is 54.0 Å². The lowest BCUT2D eigenvalue weighted by Gasteiger charge is -2.14. The van der Waals surface area contributed by atoms with E-state index in [2.05, 4.69) is 34.9 Å². The molecule has 0 aliphatic heterocycles. The Balaban J connectivity index is 0.000000460. The van der Waals surface area contributed by atoms with Gasteiger partial charge in [0.1, 0.15) is 36.8 Å². The summed E-state index contributed by atoms with van der Waals surface area (Å²) in [6, 6.07) is 4.85. The summed E-state index contributed by atoms with van der Waals surface area (Å²) in [5.74, 6) is -1.47. The van der Waals surface area contributed by atoms with Gasteiger partial charge < -0.3 is 33.7 Å². The van der Waals surface area contributed by atoms with Crippen molar-refractivity contribution in [1.29, 1.82) is 0 Å². The molecule has 0 aliphatic rings. The fraction of sp³-hybridized carbons (Fsp3) is 0.412. The van der Waals surface area contributed by atoms with E-state index in [-0.39, 0.29) is 44.1 Å². The molecule has 0 spiro atoms. The zero-order valence-electron chi connectivity index (χ0n) is 32.7. The summed E-state index contributed by atoms with van der Waals surface area (Å²) in [7, 11) is -3.71. The van der Waals surface area contributed by atoms with Crippen LogP contribution in [-0.4, -0.2) is 94.8 Å². The van der Waals surface area contributed by atoms with Crippen molar-refractivity contribution in [3.05, 3.63) is 83.5 Å². The maximum atomic E-state index is 14.1. The number of nitrogens with one attached hydrogen (secondary N) is 1. The van der Waals surface area contributed by atoms with E-state index in [0.29, 0.717) is 32.9 Å². The minimum atomic E-state index is -4.35. The number of benzene rings is 2. The number of carboxylic acid groups (broad SMARTS) is 2. The molecule has 17 nitrogen and oxygen atoms in total. The van der Waals surface area contributed by atoms with E-state index in [4.69, 9.17) is 77.1 Å². The van der Waals surface area contributed by atoms with Gasteiger partial charge >= 0.3 is 29.9 Å². The number of aliphatic carboxylic acids is 2. The number of halogens is 7. The first-order chi connectivity index (χ1) is 27.5. The van der Waals surface area contributed by atoms with E-state index in [9.17, 15) is 41.8 Å². The molecule has 2 unspecified atom stereocenters. The highest BCUT2D eigenvalue weighted by Crippen LogP contribution is 2.33. The van der Waals surface area contributed by atoms with Gasteiger partial charge in [-0.25, -0.2) is 18.5 Å². The number of rotatable bonds is 12. The molecule has 4 aromatic rings. The minimum Gasteiger partial charge on any atom is -0.778 e. The zero-order valence-corrected chi connectivity index (χ0v) is 37.4. The van der Waals surface area contributed by atoms with Crippen molar-refractivity contribution < 1.29 is 56.5 Å².